The molecule has 3 amide bonds. The Labute approximate surface area is 279 Å². The highest BCUT2D eigenvalue weighted by atomic mass is 32.2. The van der Waals surface area contributed by atoms with Gasteiger partial charge in [-0.3, -0.25) is 9.59 Å². The van der Waals surface area contributed by atoms with Gasteiger partial charge in [0.1, 0.15) is 35.1 Å². The van der Waals surface area contributed by atoms with Crippen LogP contribution in [0.5, 0.6) is 11.6 Å². The number of alkyl carbamates (subject to hydrolysis) is 1. The molecule has 1 saturated heterocycles. The van der Waals surface area contributed by atoms with Crippen molar-refractivity contribution in [3.05, 3.63) is 42.6 Å². The predicted molar refractivity (Wildman–Crippen MR) is 177 cm³/mol. The zero-order valence-corrected chi connectivity index (χ0v) is 28.4. The van der Waals surface area contributed by atoms with E-state index in [2.05, 4.69) is 15.6 Å². The number of aromatic nitrogens is 1. The Morgan fingerprint density at radius 2 is 2.02 bits per heavy atom. The fourth-order valence-electron chi connectivity index (χ4n) is 5.98. The van der Waals surface area contributed by atoms with Crippen molar-refractivity contribution in [3.8, 4) is 11.6 Å². The first-order valence-corrected chi connectivity index (χ1v) is 17.2. The van der Waals surface area contributed by atoms with Gasteiger partial charge in [-0.1, -0.05) is 12.2 Å². The number of thioether (sulfide) groups is 1. The lowest BCUT2D eigenvalue weighted by Gasteiger charge is -2.30. The average Bonchev–Trinajstić information content (AvgIpc) is 3.55. The number of nitrogens with one attached hydrogen (secondary N) is 2. The number of amides is 3. The SMILES string of the molecule is CCOC(=O)C12CC1C=CCCCSCC(NC(=O)OC(C)(C)C)C(=O)N1CC(Oc3nccc4cc(OC)ccc34)CC1C(=O)N2. The number of rotatable bonds is 6. The molecule has 0 radical (unpaired) electrons. The summed E-state index contributed by atoms with van der Waals surface area (Å²) >= 11 is 1.54. The highest BCUT2D eigenvalue weighted by Crippen LogP contribution is 2.46. The molecular weight excluding hydrogens is 624 g/mol. The maximum atomic E-state index is 14.3. The molecule has 3 aliphatic rings. The summed E-state index contributed by atoms with van der Waals surface area (Å²) in [5.41, 5.74) is -1.96. The molecule has 1 saturated carbocycles. The van der Waals surface area contributed by atoms with E-state index in [1.54, 1.807) is 52.8 Å². The summed E-state index contributed by atoms with van der Waals surface area (Å²) in [6.07, 6.45) is 6.48. The maximum absolute atomic E-state index is 14.3. The van der Waals surface area contributed by atoms with Gasteiger partial charge in [0, 0.05) is 29.7 Å². The van der Waals surface area contributed by atoms with Crippen molar-refractivity contribution in [2.24, 2.45) is 5.92 Å². The molecule has 5 rings (SSSR count). The minimum Gasteiger partial charge on any atom is -0.497 e. The van der Waals surface area contributed by atoms with Crippen molar-refractivity contribution < 1.29 is 38.1 Å². The van der Waals surface area contributed by atoms with E-state index in [1.165, 1.54) is 4.90 Å². The largest absolute Gasteiger partial charge is 0.497 e. The molecule has 2 N–H and O–H groups in total. The Hall–Kier alpha value is -4.00. The monoisotopic (exact) mass is 668 g/mol. The molecule has 5 atom stereocenters. The highest BCUT2D eigenvalue weighted by molar-refractivity contribution is 7.99. The zero-order valence-electron chi connectivity index (χ0n) is 27.6. The second-order valence-corrected chi connectivity index (χ2v) is 14.2. The van der Waals surface area contributed by atoms with Gasteiger partial charge in [-0.15, -0.1) is 0 Å². The van der Waals surface area contributed by atoms with Gasteiger partial charge in [-0.25, -0.2) is 14.6 Å². The number of hydrogen-bond acceptors (Lipinski definition) is 10. The molecule has 47 heavy (non-hydrogen) atoms. The zero-order chi connectivity index (χ0) is 33.8. The number of carbonyl (C=O) groups is 4. The molecule has 2 aliphatic heterocycles. The second kappa shape index (κ2) is 14.4. The third-order valence-corrected chi connectivity index (χ3v) is 9.51. The van der Waals surface area contributed by atoms with Gasteiger partial charge in [0.25, 0.3) is 0 Å². The summed E-state index contributed by atoms with van der Waals surface area (Å²) in [7, 11) is 1.59. The Kier molecular flexibility index (Phi) is 10.5. The van der Waals surface area contributed by atoms with E-state index in [4.69, 9.17) is 18.9 Å². The van der Waals surface area contributed by atoms with Crippen molar-refractivity contribution in [3.63, 3.8) is 0 Å². The van der Waals surface area contributed by atoms with E-state index in [9.17, 15) is 19.2 Å². The number of esters is 1. The molecule has 13 heteroatoms. The lowest BCUT2D eigenvalue weighted by molar-refractivity contribution is -0.150. The number of pyridine rings is 1. The van der Waals surface area contributed by atoms with E-state index < -0.39 is 53.2 Å². The lowest BCUT2D eigenvalue weighted by atomic mass is 10.1. The van der Waals surface area contributed by atoms with Crippen LogP contribution in [-0.2, 0) is 23.9 Å². The predicted octanol–water partition coefficient (Wildman–Crippen LogP) is 4.01. The Morgan fingerprint density at radius 3 is 2.77 bits per heavy atom. The van der Waals surface area contributed by atoms with Crippen molar-refractivity contribution in [2.45, 2.75) is 82.7 Å². The molecule has 0 bridgehead atoms. The number of nitrogens with zero attached hydrogens (tertiary/aromatic N) is 2. The normalized spacial score (nSPS) is 26.6. The third kappa shape index (κ3) is 8.11. The molecule has 1 aromatic heterocycles. The number of allylic oxidation sites excluding steroid dienone is 1. The molecule has 5 unspecified atom stereocenters. The summed E-state index contributed by atoms with van der Waals surface area (Å²) in [4.78, 5) is 60.3. The fraction of sp³-hybridized carbons (Fsp3) is 0.559. The van der Waals surface area contributed by atoms with Gasteiger partial charge in [0.05, 0.1) is 20.3 Å². The van der Waals surface area contributed by atoms with Crippen LogP contribution in [0.3, 0.4) is 0 Å². The highest BCUT2D eigenvalue weighted by Gasteiger charge is 2.62. The Bertz CT molecular complexity index is 1530. The summed E-state index contributed by atoms with van der Waals surface area (Å²) in [5.74, 6) is 0.472. The van der Waals surface area contributed by atoms with Crippen LogP contribution >= 0.6 is 11.8 Å². The third-order valence-electron chi connectivity index (χ3n) is 8.36. The summed E-state index contributed by atoms with van der Waals surface area (Å²) in [5, 5.41) is 7.32. The minimum absolute atomic E-state index is 0.0675. The summed E-state index contributed by atoms with van der Waals surface area (Å²) in [6.45, 7) is 7.21. The molecule has 254 valence electrons. The minimum atomic E-state index is -1.20. The number of hydrogen-bond donors (Lipinski definition) is 2. The summed E-state index contributed by atoms with van der Waals surface area (Å²) in [6, 6.07) is 5.45. The first-order chi connectivity index (χ1) is 22.4. The standard InChI is InChI=1S/C34H44N4O8S/c1-6-44-31(41)34-18-22(34)10-8-7-9-15-47-20-26(36-32(42)46-33(2,3)4)30(40)38-19-24(17-27(38)28(39)37-34)45-29-25-12-11-23(43-5)16-21(25)13-14-35-29/h8,10-14,16,22,24,26-27H,6-7,9,15,17-20H2,1-5H3,(H,36,42)(H,37,39). The number of methoxy groups -OCH3 is 1. The van der Waals surface area contributed by atoms with E-state index >= 15 is 0 Å². The number of carbonyl (C=O) groups excluding carboxylic acids is 4. The smallest absolute Gasteiger partial charge is 0.408 e. The Balaban J connectivity index is 1.45. The van der Waals surface area contributed by atoms with Crippen LogP contribution in [0, 0.1) is 5.92 Å². The summed E-state index contributed by atoms with van der Waals surface area (Å²) < 4.78 is 22.6. The van der Waals surface area contributed by atoms with Gasteiger partial charge in [-0.2, -0.15) is 11.8 Å². The van der Waals surface area contributed by atoms with Crippen molar-refractivity contribution in [1.82, 2.24) is 20.5 Å². The molecule has 12 nitrogen and oxygen atoms in total. The van der Waals surface area contributed by atoms with Crippen LogP contribution in [0.1, 0.15) is 53.4 Å². The van der Waals surface area contributed by atoms with Crippen molar-refractivity contribution in [2.75, 3.05) is 31.8 Å². The van der Waals surface area contributed by atoms with Crippen molar-refractivity contribution in [1.29, 1.82) is 0 Å². The quantitative estimate of drug-likeness (QED) is 0.342. The topological polar surface area (TPSA) is 145 Å². The molecule has 1 aromatic carbocycles. The van der Waals surface area contributed by atoms with Gasteiger partial charge >= 0.3 is 12.1 Å². The van der Waals surface area contributed by atoms with Crippen molar-refractivity contribution >= 4 is 46.4 Å². The van der Waals surface area contributed by atoms with Gasteiger partial charge in [-0.05, 0) is 82.4 Å². The van der Waals surface area contributed by atoms with Gasteiger partial charge < -0.3 is 34.5 Å². The average molecular weight is 669 g/mol. The van der Waals surface area contributed by atoms with E-state index in [0.717, 1.165) is 29.4 Å². The molecule has 2 fully saturated rings. The van der Waals surface area contributed by atoms with E-state index in [-0.39, 0.29) is 25.5 Å². The van der Waals surface area contributed by atoms with Crippen LogP contribution in [0.2, 0.25) is 0 Å². The number of fused-ring (bicyclic) bond motifs is 3. The lowest BCUT2D eigenvalue weighted by Crippen LogP contribution is -2.57. The molecule has 0 spiro atoms. The van der Waals surface area contributed by atoms with E-state index in [0.29, 0.717) is 23.8 Å². The van der Waals surface area contributed by atoms with Gasteiger partial charge in [0.2, 0.25) is 17.7 Å². The van der Waals surface area contributed by atoms with Gasteiger partial charge in [0.15, 0.2) is 0 Å². The first kappa shape index (κ1) is 34.3. The van der Waals surface area contributed by atoms with Crippen LogP contribution in [0.15, 0.2) is 42.6 Å². The van der Waals surface area contributed by atoms with Crippen LogP contribution in [0.25, 0.3) is 10.8 Å². The maximum Gasteiger partial charge on any atom is 0.408 e. The molecular formula is C34H44N4O8S. The fourth-order valence-corrected chi connectivity index (χ4v) is 6.98. The van der Waals surface area contributed by atoms with E-state index in [1.807, 2.05) is 36.4 Å². The first-order valence-electron chi connectivity index (χ1n) is 16.1. The molecule has 3 heterocycles. The van der Waals surface area contributed by atoms with Crippen LogP contribution in [0.4, 0.5) is 4.79 Å². The molecule has 2 aromatic rings. The number of ether oxygens (including phenoxy) is 4. The number of benzene rings is 1. The second-order valence-electron chi connectivity index (χ2n) is 13.0. The van der Waals surface area contributed by atoms with Crippen LogP contribution in [-0.4, -0.2) is 94.9 Å². The van der Waals surface area contributed by atoms with Crippen LogP contribution < -0.4 is 20.1 Å². The molecule has 1 aliphatic carbocycles. The Morgan fingerprint density at radius 1 is 1.21 bits per heavy atom.